The van der Waals surface area contributed by atoms with Gasteiger partial charge in [0.1, 0.15) is 0 Å². The van der Waals surface area contributed by atoms with Gasteiger partial charge in [0.05, 0.1) is 30.1 Å². The lowest BCUT2D eigenvalue weighted by Gasteiger charge is -2.26. The molecule has 0 N–H and O–H groups in total. The Morgan fingerprint density at radius 1 is 1.05 bits per heavy atom. The summed E-state index contributed by atoms with van der Waals surface area (Å²) in [5.74, 6) is -1.07. The first-order valence-electron chi connectivity index (χ1n) is 6.60. The highest BCUT2D eigenvalue weighted by molar-refractivity contribution is 6.52. The Morgan fingerprint density at radius 2 is 1.67 bits per heavy atom. The number of fused-ring (bicyclic) bond motifs is 1. The van der Waals surface area contributed by atoms with Crippen LogP contribution in [0.5, 0.6) is 0 Å². The maximum atomic E-state index is 12.1. The number of carbonyl (C=O) groups is 2. The quantitative estimate of drug-likeness (QED) is 0.734. The monoisotopic (exact) mass is 282 g/mol. The molecule has 106 valence electrons. The van der Waals surface area contributed by atoms with Crippen molar-refractivity contribution in [3.8, 4) is 12.1 Å². The van der Waals surface area contributed by atoms with Crippen molar-refractivity contribution in [3.63, 3.8) is 0 Å². The maximum Gasteiger partial charge on any atom is 0.300 e. The molecule has 0 bridgehead atoms. The van der Waals surface area contributed by atoms with Gasteiger partial charge in [-0.05, 0) is 12.1 Å². The predicted octanol–water partition coefficient (Wildman–Crippen LogP) is 1.30. The summed E-state index contributed by atoms with van der Waals surface area (Å²) in [7, 11) is 0. The summed E-state index contributed by atoms with van der Waals surface area (Å²) in [4.78, 5) is 27.2. The van der Waals surface area contributed by atoms with Gasteiger partial charge in [-0.25, -0.2) is 0 Å². The largest absolute Gasteiger partial charge is 0.300 e. The molecule has 0 aliphatic carbocycles. The number of para-hydroxylation sites is 1. The average Bonchev–Trinajstić information content (AvgIpc) is 2.75. The van der Waals surface area contributed by atoms with E-state index in [-0.39, 0.29) is 6.67 Å². The molecule has 1 aliphatic heterocycles. The fourth-order valence-corrected chi connectivity index (χ4v) is 2.26. The first-order chi connectivity index (χ1) is 10.2. The van der Waals surface area contributed by atoms with Gasteiger partial charge in [-0.3, -0.25) is 19.4 Å². The van der Waals surface area contributed by atoms with E-state index >= 15 is 0 Å². The number of amides is 1. The minimum atomic E-state index is -0.560. The van der Waals surface area contributed by atoms with Crippen LogP contribution in [0.3, 0.4) is 0 Å². The number of rotatable bonds is 6. The van der Waals surface area contributed by atoms with Gasteiger partial charge in [-0.2, -0.15) is 10.5 Å². The fraction of sp³-hybridized carbons (Fsp3) is 0.333. The summed E-state index contributed by atoms with van der Waals surface area (Å²) in [5, 5.41) is 17.4. The first kappa shape index (κ1) is 14.7. The molecule has 6 nitrogen and oxygen atoms in total. The van der Waals surface area contributed by atoms with Crippen LogP contribution >= 0.6 is 0 Å². The highest BCUT2D eigenvalue weighted by Gasteiger charge is 2.35. The Bertz CT molecular complexity index is 624. The molecule has 1 heterocycles. The van der Waals surface area contributed by atoms with Crippen LogP contribution < -0.4 is 4.90 Å². The number of hydrogen-bond donors (Lipinski definition) is 0. The molecule has 0 saturated heterocycles. The predicted molar refractivity (Wildman–Crippen MR) is 75.2 cm³/mol. The van der Waals surface area contributed by atoms with Crippen LogP contribution in [0.25, 0.3) is 0 Å². The van der Waals surface area contributed by atoms with E-state index in [2.05, 4.69) is 0 Å². The molecule has 6 heteroatoms. The molecule has 0 aromatic heterocycles. The Hall–Kier alpha value is -2.70. The van der Waals surface area contributed by atoms with E-state index in [0.29, 0.717) is 37.2 Å². The molecule has 0 saturated carbocycles. The average molecular weight is 282 g/mol. The molecular formula is C15H14N4O2. The smallest absolute Gasteiger partial charge is 0.291 e. The van der Waals surface area contributed by atoms with Crippen LogP contribution in [0.2, 0.25) is 0 Å². The van der Waals surface area contributed by atoms with E-state index < -0.39 is 11.7 Å². The number of Topliss-reactive ketones (excluding diaryl/α,β-unsaturated/α-hetero) is 1. The molecular weight excluding hydrogens is 268 g/mol. The molecule has 1 aromatic carbocycles. The highest BCUT2D eigenvalue weighted by atomic mass is 16.2. The second-order valence-electron chi connectivity index (χ2n) is 4.66. The molecule has 0 unspecified atom stereocenters. The summed E-state index contributed by atoms with van der Waals surface area (Å²) in [6, 6.07) is 10.9. The van der Waals surface area contributed by atoms with Crippen LogP contribution in [0.1, 0.15) is 23.2 Å². The van der Waals surface area contributed by atoms with Crippen molar-refractivity contribution in [2.45, 2.75) is 12.8 Å². The maximum absolute atomic E-state index is 12.1. The third-order valence-electron chi connectivity index (χ3n) is 3.30. The molecule has 0 atom stereocenters. The van der Waals surface area contributed by atoms with Gasteiger partial charge in [0.2, 0.25) is 0 Å². The van der Waals surface area contributed by atoms with E-state index in [0.717, 1.165) is 0 Å². The Kier molecular flexibility index (Phi) is 4.65. The molecule has 2 rings (SSSR count). The Balaban J connectivity index is 2.17. The SMILES string of the molecule is N#CCCN(CCC#N)CN1C(=O)C(=O)c2ccccc21. The second-order valence-corrected chi connectivity index (χ2v) is 4.66. The van der Waals surface area contributed by atoms with E-state index in [1.165, 1.54) is 4.90 Å². The topological polar surface area (TPSA) is 88.2 Å². The highest BCUT2D eigenvalue weighted by Crippen LogP contribution is 2.28. The van der Waals surface area contributed by atoms with Crippen molar-refractivity contribution in [1.29, 1.82) is 10.5 Å². The zero-order valence-corrected chi connectivity index (χ0v) is 11.5. The van der Waals surface area contributed by atoms with Crippen LogP contribution in [-0.2, 0) is 4.79 Å². The summed E-state index contributed by atoms with van der Waals surface area (Å²) in [5.41, 5.74) is 0.995. The van der Waals surface area contributed by atoms with Gasteiger partial charge in [-0.15, -0.1) is 0 Å². The first-order valence-corrected chi connectivity index (χ1v) is 6.60. The molecule has 21 heavy (non-hydrogen) atoms. The lowest BCUT2D eigenvalue weighted by atomic mass is 10.1. The van der Waals surface area contributed by atoms with Crippen molar-refractivity contribution in [1.82, 2.24) is 4.90 Å². The van der Waals surface area contributed by atoms with Crippen LogP contribution in [-0.4, -0.2) is 36.3 Å². The van der Waals surface area contributed by atoms with E-state index in [1.807, 2.05) is 17.0 Å². The third kappa shape index (κ3) is 3.07. The molecule has 0 fully saturated rings. The van der Waals surface area contributed by atoms with Gasteiger partial charge >= 0.3 is 5.91 Å². The van der Waals surface area contributed by atoms with Crippen molar-refractivity contribution in [3.05, 3.63) is 29.8 Å². The minimum absolute atomic E-state index is 0.213. The number of benzene rings is 1. The van der Waals surface area contributed by atoms with Gasteiger partial charge in [0.15, 0.2) is 0 Å². The Morgan fingerprint density at radius 3 is 2.29 bits per heavy atom. The van der Waals surface area contributed by atoms with Crippen LogP contribution in [0, 0.1) is 22.7 Å². The van der Waals surface area contributed by atoms with Crippen molar-refractivity contribution in [2.24, 2.45) is 0 Å². The van der Waals surface area contributed by atoms with E-state index in [9.17, 15) is 9.59 Å². The summed E-state index contributed by atoms with van der Waals surface area (Å²) < 4.78 is 0. The molecule has 1 aromatic rings. The number of ketones is 1. The van der Waals surface area contributed by atoms with E-state index in [1.54, 1.807) is 24.3 Å². The van der Waals surface area contributed by atoms with Gasteiger partial charge in [0.25, 0.3) is 5.78 Å². The third-order valence-corrected chi connectivity index (χ3v) is 3.30. The second kappa shape index (κ2) is 6.65. The molecule has 0 spiro atoms. The minimum Gasteiger partial charge on any atom is -0.291 e. The zero-order chi connectivity index (χ0) is 15.2. The number of anilines is 1. The van der Waals surface area contributed by atoms with Crippen LogP contribution in [0.4, 0.5) is 5.69 Å². The summed E-state index contributed by atoms with van der Waals surface area (Å²) in [6.45, 7) is 1.13. The normalized spacial score (nSPS) is 13.2. The van der Waals surface area contributed by atoms with Crippen molar-refractivity contribution >= 4 is 17.4 Å². The van der Waals surface area contributed by atoms with Gasteiger partial charge in [0, 0.05) is 25.9 Å². The fourth-order valence-electron chi connectivity index (χ4n) is 2.26. The lowest BCUT2D eigenvalue weighted by Crippen LogP contribution is -2.41. The van der Waals surface area contributed by atoms with Crippen molar-refractivity contribution in [2.75, 3.05) is 24.7 Å². The molecule has 0 radical (unpaired) electrons. The van der Waals surface area contributed by atoms with Crippen LogP contribution in [0.15, 0.2) is 24.3 Å². The van der Waals surface area contributed by atoms with Gasteiger partial charge in [-0.1, -0.05) is 12.1 Å². The number of carbonyl (C=O) groups excluding carboxylic acids is 2. The zero-order valence-electron chi connectivity index (χ0n) is 11.5. The standard InChI is InChI=1S/C15H14N4O2/c16-7-3-9-18(10-4-8-17)11-19-13-6-2-1-5-12(13)14(20)15(19)21/h1-2,5-6H,3-4,9-11H2. The van der Waals surface area contributed by atoms with Crippen molar-refractivity contribution < 1.29 is 9.59 Å². The number of nitrogens with zero attached hydrogens (tertiary/aromatic N) is 4. The van der Waals surface area contributed by atoms with E-state index in [4.69, 9.17) is 10.5 Å². The van der Waals surface area contributed by atoms with Gasteiger partial charge < -0.3 is 0 Å². The molecule has 1 amide bonds. The number of nitriles is 2. The lowest BCUT2D eigenvalue weighted by molar-refractivity contribution is -0.114. The summed E-state index contributed by atoms with van der Waals surface area (Å²) in [6.07, 6.45) is 0.617. The Labute approximate surface area is 122 Å². The molecule has 1 aliphatic rings. The number of hydrogen-bond acceptors (Lipinski definition) is 5. The summed E-state index contributed by atoms with van der Waals surface area (Å²) >= 11 is 0.